The Kier molecular flexibility index (Phi) is 4.67. The zero-order valence-corrected chi connectivity index (χ0v) is 13.8. The Bertz CT molecular complexity index is 388. The molecule has 0 radical (unpaired) electrons. The first kappa shape index (κ1) is 15.7. The van der Waals surface area contributed by atoms with E-state index in [1.165, 1.54) is 0 Å². The highest BCUT2D eigenvalue weighted by Crippen LogP contribution is 2.37. The Balaban J connectivity index is 2.16. The number of hydrogen-bond donors (Lipinski definition) is 1. The molecule has 0 aromatic rings. The summed E-state index contributed by atoms with van der Waals surface area (Å²) in [7, 11) is 0. The van der Waals surface area contributed by atoms with Gasteiger partial charge in [0.05, 0.1) is 0 Å². The van der Waals surface area contributed by atoms with Crippen molar-refractivity contribution in [1.29, 1.82) is 0 Å². The first-order valence-electron chi connectivity index (χ1n) is 7.46. The lowest BCUT2D eigenvalue weighted by atomic mass is 9.82. The minimum absolute atomic E-state index is 0.0261. The third-order valence-corrected chi connectivity index (χ3v) is 4.77. The van der Waals surface area contributed by atoms with Gasteiger partial charge < -0.3 is 10.2 Å². The van der Waals surface area contributed by atoms with Gasteiger partial charge in [-0.05, 0) is 42.6 Å². The number of amides is 2. The van der Waals surface area contributed by atoms with Gasteiger partial charge in [-0.3, -0.25) is 9.59 Å². The summed E-state index contributed by atoms with van der Waals surface area (Å²) in [5.41, 5.74) is -0.229. The van der Waals surface area contributed by atoms with Gasteiger partial charge >= 0.3 is 0 Å². The van der Waals surface area contributed by atoms with Crippen LogP contribution in [0.1, 0.15) is 40.0 Å². The second-order valence-electron chi connectivity index (χ2n) is 6.97. The number of thioether (sulfide) groups is 1. The molecular formula is C15H26N2O2S. The van der Waals surface area contributed by atoms with Gasteiger partial charge in [0.1, 0.15) is 12.1 Å². The molecular weight excluding hydrogens is 272 g/mol. The average molecular weight is 298 g/mol. The molecule has 0 bridgehead atoms. The Labute approximate surface area is 126 Å². The smallest absolute Gasteiger partial charge is 0.246 e. The Morgan fingerprint density at radius 3 is 2.45 bits per heavy atom. The number of hydrogen-bond acceptors (Lipinski definition) is 3. The monoisotopic (exact) mass is 298 g/mol. The lowest BCUT2D eigenvalue weighted by molar-refractivity contribution is -0.154. The van der Waals surface area contributed by atoms with Crippen molar-refractivity contribution in [3.63, 3.8) is 0 Å². The lowest BCUT2D eigenvalue weighted by Gasteiger charge is -2.45. The van der Waals surface area contributed by atoms with E-state index >= 15 is 0 Å². The summed E-state index contributed by atoms with van der Waals surface area (Å²) in [5.74, 6) is 1.55. The second-order valence-corrected chi connectivity index (χ2v) is 7.96. The van der Waals surface area contributed by atoms with Crippen LogP contribution in [0.4, 0.5) is 0 Å². The number of rotatable bonds is 5. The van der Waals surface area contributed by atoms with E-state index in [1.54, 1.807) is 11.8 Å². The first-order valence-corrected chi connectivity index (χ1v) is 8.85. The van der Waals surface area contributed by atoms with Crippen LogP contribution in [0.25, 0.3) is 0 Å². The highest BCUT2D eigenvalue weighted by molar-refractivity contribution is 7.98. The molecule has 5 heteroatoms. The summed E-state index contributed by atoms with van der Waals surface area (Å²) < 4.78 is 0. The zero-order valence-electron chi connectivity index (χ0n) is 12.9. The van der Waals surface area contributed by atoms with E-state index in [9.17, 15) is 9.59 Å². The molecule has 1 N–H and O–H groups in total. The third kappa shape index (κ3) is 3.30. The summed E-state index contributed by atoms with van der Waals surface area (Å²) in [4.78, 5) is 27.0. The summed E-state index contributed by atoms with van der Waals surface area (Å²) in [6.45, 7) is 6.79. The lowest BCUT2D eigenvalue weighted by Crippen LogP contribution is -2.67. The molecule has 114 valence electrons. The van der Waals surface area contributed by atoms with Crippen LogP contribution in [0.2, 0.25) is 0 Å². The van der Waals surface area contributed by atoms with E-state index in [-0.39, 0.29) is 29.3 Å². The van der Waals surface area contributed by atoms with E-state index in [0.29, 0.717) is 12.5 Å². The van der Waals surface area contributed by atoms with Gasteiger partial charge in [-0.15, -0.1) is 0 Å². The van der Waals surface area contributed by atoms with E-state index in [0.717, 1.165) is 25.0 Å². The molecule has 2 fully saturated rings. The SMILES string of the molecule is CSCCCN1C(=O)C(C2CC2)NC(=O)C1C(C)(C)C. The highest BCUT2D eigenvalue weighted by atomic mass is 32.2. The van der Waals surface area contributed by atoms with Crippen LogP contribution in [-0.4, -0.2) is 47.4 Å². The van der Waals surface area contributed by atoms with Gasteiger partial charge in [-0.2, -0.15) is 11.8 Å². The molecule has 0 aromatic heterocycles. The normalized spacial score (nSPS) is 27.7. The molecule has 0 aromatic carbocycles. The molecule has 4 nitrogen and oxygen atoms in total. The standard InChI is InChI=1S/C15H26N2O2S/c1-15(2,3)12-13(18)16-11(10-6-7-10)14(19)17(12)8-5-9-20-4/h10-12H,5-9H2,1-4H3,(H,16,18). The Morgan fingerprint density at radius 1 is 1.30 bits per heavy atom. The van der Waals surface area contributed by atoms with Crippen molar-refractivity contribution in [2.45, 2.75) is 52.1 Å². The Morgan fingerprint density at radius 2 is 1.95 bits per heavy atom. The van der Waals surface area contributed by atoms with Gasteiger partial charge in [-0.1, -0.05) is 20.8 Å². The van der Waals surface area contributed by atoms with Crippen LogP contribution in [0.5, 0.6) is 0 Å². The minimum atomic E-state index is -0.341. The maximum atomic E-state index is 12.7. The topological polar surface area (TPSA) is 49.4 Å². The van der Waals surface area contributed by atoms with E-state index in [2.05, 4.69) is 11.6 Å². The van der Waals surface area contributed by atoms with E-state index < -0.39 is 0 Å². The van der Waals surface area contributed by atoms with Crippen molar-refractivity contribution in [2.75, 3.05) is 18.6 Å². The minimum Gasteiger partial charge on any atom is -0.342 e. The predicted molar refractivity (Wildman–Crippen MR) is 82.6 cm³/mol. The third-order valence-electron chi connectivity index (χ3n) is 4.07. The molecule has 2 rings (SSSR count). The fraction of sp³-hybridized carbons (Fsp3) is 0.867. The summed E-state index contributed by atoms with van der Waals surface area (Å²) >= 11 is 1.78. The van der Waals surface area contributed by atoms with E-state index in [4.69, 9.17) is 0 Å². The largest absolute Gasteiger partial charge is 0.342 e. The van der Waals surface area contributed by atoms with Gasteiger partial charge in [-0.25, -0.2) is 0 Å². The van der Waals surface area contributed by atoms with Gasteiger partial charge in [0, 0.05) is 6.54 Å². The van der Waals surface area contributed by atoms with Crippen molar-refractivity contribution in [1.82, 2.24) is 10.2 Å². The van der Waals surface area contributed by atoms with Gasteiger partial charge in [0.15, 0.2) is 0 Å². The number of carbonyl (C=O) groups excluding carboxylic acids is 2. The van der Waals surface area contributed by atoms with Gasteiger partial charge in [0.25, 0.3) is 0 Å². The highest BCUT2D eigenvalue weighted by Gasteiger charge is 2.49. The van der Waals surface area contributed by atoms with Crippen LogP contribution in [0.15, 0.2) is 0 Å². The zero-order chi connectivity index (χ0) is 14.9. The quantitative estimate of drug-likeness (QED) is 0.789. The van der Waals surface area contributed by atoms with Crippen molar-refractivity contribution in [3.05, 3.63) is 0 Å². The summed E-state index contributed by atoms with van der Waals surface area (Å²) in [6.07, 6.45) is 5.15. The predicted octanol–water partition coefficient (Wildman–Crippen LogP) is 1.89. The van der Waals surface area contributed by atoms with Gasteiger partial charge in [0.2, 0.25) is 11.8 Å². The molecule has 2 amide bonds. The Hall–Kier alpha value is -0.710. The van der Waals surface area contributed by atoms with Crippen LogP contribution >= 0.6 is 11.8 Å². The van der Waals surface area contributed by atoms with Crippen LogP contribution in [0, 0.1) is 11.3 Å². The van der Waals surface area contributed by atoms with Crippen LogP contribution < -0.4 is 5.32 Å². The maximum Gasteiger partial charge on any atom is 0.246 e. The number of nitrogens with zero attached hydrogens (tertiary/aromatic N) is 1. The molecule has 20 heavy (non-hydrogen) atoms. The van der Waals surface area contributed by atoms with Crippen LogP contribution in [-0.2, 0) is 9.59 Å². The molecule has 0 spiro atoms. The maximum absolute atomic E-state index is 12.7. The molecule has 1 saturated heterocycles. The van der Waals surface area contributed by atoms with E-state index in [1.807, 2.05) is 25.7 Å². The molecule has 2 atom stereocenters. The summed E-state index contributed by atoms with van der Waals surface area (Å²) in [5, 5.41) is 2.97. The molecule has 1 heterocycles. The molecule has 1 aliphatic heterocycles. The average Bonchev–Trinajstić information content (AvgIpc) is 3.15. The van der Waals surface area contributed by atoms with Crippen molar-refractivity contribution < 1.29 is 9.59 Å². The fourth-order valence-corrected chi connectivity index (χ4v) is 3.39. The fourth-order valence-electron chi connectivity index (χ4n) is 2.97. The summed E-state index contributed by atoms with van der Waals surface area (Å²) in [6, 6.07) is -0.609. The van der Waals surface area contributed by atoms with Crippen molar-refractivity contribution >= 4 is 23.6 Å². The number of nitrogens with one attached hydrogen (secondary N) is 1. The molecule has 2 unspecified atom stereocenters. The van der Waals surface area contributed by atoms with Crippen LogP contribution in [0.3, 0.4) is 0 Å². The first-order chi connectivity index (χ1) is 9.36. The number of carbonyl (C=O) groups is 2. The molecule has 2 aliphatic rings. The molecule has 1 aliphatic carbocycles. The molecule has 1 saturated carbocycles. The second kappa shape index (κ2) is 5.96. The van der Waals surface area contributed by atoms with Crippen molar-refractivity contribution in [3.8, 4) is 0 Å². The number of piperazine rings is 1. The van der Waals surface area contributed by atoms with Crippen molar-refractivity contribution in [2.24, 2.45) is 11.3 Å².